The minimum Gasteiger partial charge on any atom is -0.378 e. The number of ether oxygens (including phenoxy) is 1. The number of hydrogen-bond donors (Lipinski definition) is 3. The SMILES string of the molecule is Cc1cc(-c2sc(NC(=O)NCC3COCCN3)nc2-c2cccc(C#N)c2)cc(C(F)F)n1. The lowest BCUT2D eigenvalue weighted by Gasteiger charge is -2.23. The van der Waals surface area contributed by atoms with E-state index in [0.717, 1.165) is 17.9 Å². The van der Waals surface area contributed by atoms with Gasteiger partial charge in [0.25, 0.3) is 6.43 Å². The summed E-state index contributed by atoms with van der Waals surface area (Å²) in [5.74, 6) is 0. The molecule has 1 atom stereocenters. The van der Waals surface area contributed by atoms with Gasteiger partial charge in [0.1, 0.15) is 5.69 Å². The Bertz CT molecular complexity index is 1220. The van der Waals surface area contributed by atoms with Crippen molar-refractivity contribution in [3.8, 4) is 27.8 Å². The lowest BCUT2D eigenvalue weighted by atomic mass is 10.0. The molecule has 4 rings (SSSR count). The van der Waals surface area contributed by atoms with Gasteiger partial charge >= 0.3 is 6.03 Å². The number of pyridine rings is 1. The fraction of sp³-hybridized carbons (Fsp3) is 0.304. The number of alkyl halides is 2. The van der Waals surface area contributed by atoms with E-state index in [1.165, 1.54) is 6.07 Å². The zero-order valence-electron chi connectivity index (χ0n) is 18.3. The molecule has 3 N–H and O–H groups in total. The van der Waals surface area contributed by atoms with Crippen LogP contribution in [0.1, 0.15) is 23.4 Å². The van der Waals surface area contributed by atoms with Gasteiger partial charge in [-0.15, -0.1) is 0 Å². The van der Waals surface area contributed by atoms with Crippen molar-refractivity contribution in [1.82, 2.24) is 20.6 Å². The lowest BCUT2D eigenvalue weighted by molar-refractivity contribution is 0.0776. The van der Waals surface area contributed by atoms with Gasteiger partial charge < -0.3 is 15.4 Å². The van der Waals surface area contributed by atoms with Crippen molar-refractivity contribution in [2.45, 2.75) is 19.4 Å². The Morgan fingerprint density at radius 2 is 2.18 bits per heavy atom. The molecule has 0 spiro atoms. The first kappa shape index (κ1) is 23.7. The molecular weight excluding hydrogens is 462 g/mol. The van der Waals surface area contributed by atoms with Crippen LogP contribution < -0.4 is 16.0 Å². The average molecular weight is 485 g/mol. The average Bonchev–Trinajstić information content (AvgIpc) is 3.27. The number of morpholine rings is 1. The number of aromatic nitrogens is 2. The van der Waals surface area contributed by atoms with Gasteiger partial charge in [-0.2, -0.15) is 5.26 Å². The Kier molecular flexibility index (Phi) is 7.42. The zero-order chi connectivity index (χ0) is 24.1. The highest BCUT2D eigenvalue weighted by atomic mass is 32.1. The number of anilines is 1. The Morgan fingerprint density at radius 1 is 1.32 bits per heavy atom. The summed E-state index contributed by atoms with van der Waals surface area (Å²) in [7, 11) is 0. The van der Waals surface area contributed by atoms with Crippen molar-refractivity contribution in [3.05, 3.63) is 53.3 Å². The van der Waals surface area contributed by atoms with Gasteiger partial charge in [-0.1, -0.05) is 23.5 Å². The molecule has 0 saturated carbocycles. The quantitative estimate of drug-likeness (QED) is 0.486. The molecule has 34 heavy (non-hydrogen) atoms. The summed E-state index contributed by atoms with van der Waals surface area (Å²) in [5, 5.41) is 18.3. The van der Waals surface area contributed by atoms with Crippen LogP contribution in [0.5, 0.6) is 0 Å². The molecule has 1 aromatic carbocycles. The summed E-state index contributed by atoms with van der Waals surface area (Å²) < 4.78 is 32.2. The standard InChI is InChI=1S/C23H22F2N6O2S/c1-13-7-16(9-18(29-13)21(24)25)20-19(15-4-2-3-14(8-15)10-26)30-23(34-20)31-22(32)28-11-17-12-33-6-5-27-17/h2-4,7-9,17,21,27H,5-6,11-12H2,1H3,(H2,28,30,31,32). The summed E-state index contributed by atoms with van der Waals surface area (Å²) in [5.41, 5.74) is 2.16. The molecule has 3 aromatic rings. The third kappa shape index (κ3) is 5.72. The van der Waals surface area contributed by atoms with Crippen LogP contribution in [0.15, 0.2) is 36.4 Å². The van der Waals surface area contributed by atoms with Crippen molar-refractivity contribution < 1.29 is 18.3 Å². The van der Waals surface area contributed by atoms with E-state index in [0.29, 0.717) is 57.8 Å². The molecule has 1 unspecified atom stereocenters. The number of carbonyl (C=O) groups is 1. The smallest absolute Gasteiger partial charge is 0.321 e. The number of rotatable bonds is 6. The molecule has 0 radical (unpaired) electrons. The number of hydrogen-bond acceptors (Lipinski definition) is 7. The summed E-state index contributed by atoms with van der Waals surface area (Å²) in [6.45, 7) is 3.89. The maximum Gasteiger partial charge on any atom is 0.321 e. The Hall–Kier alpha value is -3.46. The molecule has 1 fully saturated rings. The van der Waals surface area contributed by atoms with Crippen LogP contribution in [-0.4, -0.2) is 48.3 Å². The summed E-state index contributed by atoms with van der Waals surface area (Å²) in [6, 6.07) is 11.5. The maximum absolute atomic E-state index is 13.4. The number of carbonyl (C=O) groups excluding carboxylic acids is 1. The number of benzene rings is 1. The molecule has 0 aliphatic carbocycles. The second-order valence-corrected chi connectivity index (χ2v) is 8.67. The molecule has 176 valence electrons. The van der Waals surface area contributed by atoms with Crippen LogP contribution in [0.2, 0.25) is 0 Å². The van der Waals surface area contributed by atoms with Crippen molar-refractivity contribution in [3.63, 3.8) is 0 Å². The fourth-order valence-electron chi connectivity index (χ4n) is 3.55. The maximum atomic E-state index is 13.4. The molecule has 2 aromatic heterocycles. The van der Waals surface area contributed by atoms with Crippen LogP contribution in [0.3, 0.4) is 0 Å². The predicted octanol–water partition coefficient (Wildman–Crippen LogP) is 4.10. The van der Waals surface area contributed by atoms with Crippen LogP contribution in [0.4, 0.5) is 18.7 Å². The number of thiazole rings is 1. The monoisotopic (exact) mass is 484 g/mol. The van der Waals surface area contributed by atoms with Gasteiger partial charge in [-0.25, -0.2) is 18.6 Å². The van der Waals surface area contributed by atoms with E-state index >= 15 is 0 Å². The van der Waals surface area contributed by atoms with E-state index in [9.17, 15) is 18.8 Å². The highest BCUT2D eigenvalue weighted by molar-refractivity contribution is 7.19. The molecule has 0 bridgehead atoms. The molecule has 1 saturated heterocycles. The van der Waals surface area contributed by atoms with Crippen molar-refractivity contribution in [2.24, 2.45) is 0 Å². The van der Waals surface area contributed by atoms with E-state index in [1.54, 1.807) is 37.3 Å². The van der Waals surface area contributed by atoms with Crippen molar-refractivity contribution >= 4 is 22.5 Å². The molecule has 1 aliphatic heterocycles. The third-order valence-corrected chi connectivity index (χ3v) is 6.10. The van der Waals surface area contributed by atoms with Crippen LogP contribution in [-0.2, 0) is 4.74 Å². The number of nitriles is 1. The number of aryl methyl sites for hydroxylation is 1. The van der Waals surface area contributed by atoms with Gasteiger partial charge in [0, 0.05) is 30.4 Å². The van der Waals surface area contributed by atoms with Crippen LogP contribution >= 0.6 is 11.3 Å². The first-order valence-electron chi connectivity index (χ1n) is 10.6. The molecule has 3 heterocycles. The second kappa shape index (κ2) is 10.6. The fourth-order valence-corrected chi connectivity index (χ4v) is 4.52. The summed E-state index contributed by atoms with van der Waals surface area (Å²) in [6.07, 6.45) is -2.72. The van der Waals surface area contributed by atoms with Crippen molar-refractivity contribution in [1.29, 1.82) is 5.26 Å². The second-order valence-electron chi connectivity index (χ2n) is 7.67. The number of halogens is 2. The van der Waals surface area contributed by atoms with Crippen LogP contribution in [0.25, 0.3) is 21.7 Å². The highest BCUT2D eigenvalue weighted by Crippen LogP contribution is 2.40. The lowest BCUT2D eigenvalue weighted by Crippen LogP contribution is -2.49. The van der Waals surface area contributed by atoms with E-state index in [-0.39, 0.29) is 11.7 Å². The number of nitrogens with zero attached hydrogens (tertiary/aromatic N) is 3. The molecule has 1 aliphatic rings. The number of amides is 2. The minimum absolute atomic E-state index is 0.0169. The normalized spacial score (nSPS) is 15.7. The molecule has 8 nitrogen and oxygen atoms in total. The Balaban J connectivity index is 1.64. The Labute approximate surface area is 199 Å². The van der Waals surface area contributed by atoms with Gasteiger partial charge in [0.2, 0.25) is 0 Å². The molecular formula is C23H22F2N6O2S. The summed E-state index contributed by atoms with van der Waals surface area (Å²) >= 11 is 1.16. The number of urea groups is 1. The van der Waals surface area contributed by atoms with E-state index < -0.39 is 12.5 Å². The van der Waals surface area contributed by atoms with E-state index in [2.05, 4.69) is 32.0 Å². The first-order chi connectivity index (χ1) is 16.4. The summed E-state index contributed by atoms with van der Waals surface area (Å²) in [4.78, 5) is 21.5. The van der Waals surface area contributed by atoms with Gasteiger partial charge in [0.05, 0.1) is 35.4 Å². The molecule has 2 amide bonds. The van der Waals surface area contributed by atoms with Gasteiger partial charge in [-0.3, -0.25) is 10.3 Å². The van der Waals surface area contributed by atoms with Crippen LogP contribution in [0, 0.1) is 18.3 Å². The highest BCUT2D eigenvalue weighted by Gasteiger charge is 2.20. The predicted molar refractivity (Wildman–Crippen MR) is 125 cm³/mol. The first-order valence-corrected chi connectivity index (χ1v) is 11.4. The van der Waals surface area contributed by atoms with Gasteiger partial charge in [-0.05, 0) is 36.8 Å². The Morgan fingerprint density at radius 3 is 2.91 bits per heavy atom. The van der Waals surface area contributed by atoms with Gasteiger partial charge in [0.15, 0.2) is 5.13 Å². The topological polar surface area (TPSA) is 112 Å². The number of nitrogens with one attached hydrogen (secondary N) is 3. The minimum atomic E-state index is -2.72. The zero-order valence-corrected chi connectivity index (χ0v) is 19.1. The third-order valence-electron chi connectivity index (χ3n) is 5.08. The van der Waals surface area contributed by atoms with Crippen molar-refractivity contribution in [2.75, 3.05) is 31.6 Å². The molecule has 11 heteroatoms. The van der Waals surface area contributed by atoms with E-state index in [1.807, 2.05) is 0 Å². The largest absolute Gasteiger partial charge is 0.378 e. The van der Waals surface area contributed by atoms with E-state index in [4.69, 9.17) is 4.74 Å².